The maximum atomic E-state index is 12.6. The summed E-state index contributed by atoms with van der Waals surface area (Å²) >= 11 is 0. The van der Waals surface area contributed by atoms with Crippen molar-refractivity contribution in [3.63, 3.8) is 0 Å². The third-order valence-electron chi connectivity index (χ3n) is 6.52. The van der Waals surface area contributed by atoms with Gasteiger partial charge in [-0.3, -0.25) is 14.4 Å². The lowest BCUT2D eigenvalue weighted by Gasteiger charge is -2.34. The lowest BCUT2D eigenvalue weighted by Crippen LogP contribution is -2.50. The highest BCUT2D eigenvalue weighted by Gasteiger charge is 2.46. The smallest absolute Gasteiger partial charge is 0.312 e. The first kappa shape index (κ1) is 28.8. The third kappa shape index (κ3) is 9.30. The first-order valence-electron chi connectivity index (χ1n) is 12.7. The maximum absolute atomic E-state index is 12.6. The number of carbonyl (C=O) groups is 3. The van der Waals surface area contributed by atoms with Crippen LogP contribution in [0.15, 0.2) is 0 Å². The summed E-state index contributed by atoms with van der Waals surface area (Å²) in [5, 5.41) is 0. The average Bonchev–Trinajstić information content (AvgIpc) is 2.74. The van der Waals surface area contributed by atoms with Gasteiger partial charge < -0.3 is 14.2 Å². The fraction of sp³-hybridized carbons (Fsp3) is 0.885. The quantitative estimate of drug-likeness (QED) is 0.204. The van der Waals surface area contributed by atoms with Crippen molar-refractivity contribution >= 4 is 17.5 Å². The molecular formula is C26H46O6. The number of ketones is 2. The van der Waals surface area contributed by atoms with E-state index in [9.17, 15) is 14.4 Å². The molecule has 1 aliphatic heterocycles. The van der Waals surface area contributed by atoms with Gasteiger partial charge in [-0.15, -0.1) is 0 Å². The molecule has 1 rings (SSSR count). The zero-order valence-corrected chi connectivity index (χ0v) is 21.3. The minimum absolute atomic E-state index is 0.120. The molecule has 0 aromatic heterocycles. The molecule has 32 heavy (non-hydrogen) atoms. The predicted octanol–water partition coefficient (Wildman–Crippen LogP) is 5.79. The molecule has 0 bridgehead atoms. The summed E-state index contributed by atoms with van der Waals surface area (Å²) in [6, 6.07) is 0. The SMILES string of the molecule is CCCC[C@@H](CC)COC(C)(C)C(=O)CCCCCOC1(C)OC(=O)C(CCC)CC1=O. The zero-order chi connectivity index (χ0) is 24.2. The summed E-state index contributed by atoms with van der Waals surface area (Å²) in [5.74, 6) is -1.71. The normalized spacial score (nSPS) is 22.6. The van der Waals surface area contributed by atoms with Crippen molar-refractivity contribution < 1.29 is 28.6 Å². The molecule has 0 amide bonds. The molecule has 3 atom stereocenters. The molecule has 6 heteroatoms. The number of hydrogen-bond acceptors (Lipinski definition) is 6. The van der Waals surface area contributed by atoms with Gasteiger partial charge in [-0.1, -0.05) is 52.9 Å². The fourth-order valence-corrected chi connectivity index (χ4v) is 3.94. The molecule has 0 aromatic rings. The summed E-state index contributed by atoms with van der Waals surface area (Å²) in [6.07, 6.45) is 8.97. The van der Waals surface area contributed by atoms with Crippen LogP contribution in [0.2, 0.25) is 0 Å². The molecule has 6 nitrogen and oxygen atoms in total. The van der Waals surface area contributed by atoms with E-state index in [4.69, 9.17) is 14.2 Å². The minimum Gasteiger partial charge on any atom is -0.425 e. The highest BCUT2D eigenvalue weighted by molar-refractivity contribution is 5.94. The van der Waals surface area contributed by atoms with Crippen molar-refractivity contribution in [3.8, 4) is 0 Å². The Morgan fingerprint density at radius 1 is 1.12 bits per heavy atom. The van der Waals surface area contributed by atoms with E-state index in [0.29, 0.717) is 38.4 Å². The number of Topliss-reactive ketones (excluding diaryl/α,β-unsaturated/α-hetero) is 2. The van der Waals surface area contributed by atoms with Crippen molar-refractivity contribution in [1.82, 2.24) is 0 Å². The van der Waals surface area contributed by atoms with Gasteiger partial charge in [-0.2, -0.15) is 0 Å². The van der Waals surface area contributed by atoms with Gasteiger partial charge >= 0.3 is 5.97 Å². The molecule has 1 heterocycles. The van der Waals surface area contributed by atoms with E-state index in [1.54, 1.807) is 0 Å². The van der Waals surface area contributed by atoms with Gasteiger partial charge in [0.2, 0.25) is 5.78 Å². The van der Waals surface area contributed by atoms with E-state index in [-0.39, 0.29) is 29.9 Å². The molecule has 186 valence electrons. The van der Waals surface area contributed by atoms with Crippen LogP contribution in [0.3, 0.4) is 0 Å². The molecule has 1 saturated heterocycles. The second-order valence-corrected chi connectivity index (χ2v) is 9.80. The van der Waals surface area contributed by atoms with Crippen LogP contribution in [0.25, 0.3) is 0 Å². The molecule has 2 unspecified atom stereocenters. The molecule has 1 aliphatic rings. The van der Waals surface area contributed by atoms with E-state index >= 15 is 0 Å². The Morgan fingerprint density at radius 2 is 1.84 bits per heavy atom. The molecule has 1 fully saturated rings. The zero-order valence-electron chi connectivity index (χ0n) is 21.3. The highest BCUT2D eigenvalue weighted by atomic mass is 16.7. The highest BCUT2D eigenvalue weighted by Crippen LogP contribution is 2.29. The van der Waals surface area contributed by atoms with E-state index < -0.39 is 11.4 Å². The number of ether oxygens (including phenoxy) is 3. The molecular weight excluding hydrogens is 408 g/mol. The topological polar surface area (TPSA) is 78.9 Å². The lowest BCUT2D eigenvalue weighted by molar-refractivity contribution is -0.233. The summed E-state index contributed by atoms with van der Waals surface area (Å²) < 4.78 is 17.0. The van der Waals surface area contributed by atoms with Crippen LogP contribution in [-0.4, -0.2) is 42.1 Å². The Kier molecular flexibility index (Phi) is 12.7. The van der Waals surface area contributed by atoms with Crippen LogP contribution in [0.1, 0.15) is 112 Å². The second-order valence-electron chi connectivity index (χ2n) is 9.80. The van der Waals surface area contributed by atoms with Crippen LogP contribution in [0.5, 0.6) is 0 Å². The van der Waals surface area contributed by atoms with Gasteiger partial charge in [0.1, 0.15) is 5.60 Å². The van der Waals surface area contributed by atoms with Crippen LogP contribution in [-0.2, 0) is 28.6 Å². The van der Waals surface area contributed by atoms with Crippen LogP contribution in [0.4, 0.5) is 0 Å². The molecule has 0 N–H and O–H groups in total. The van der Waals surface area contributed by atoms with Crippen LogP contribution < -0.4 is 0 Å². The molecule has 0 aromatic carbocycles. The van der Waals surface area contributed by atoms with Crippen LogP contribution in [0, 0.1) is 11.8 Å². The van der Waals surface area contributed by atoms with Gasteiger partial charge in [0.25, 0.3) is 5.79 Å². The molecule has 0 aliphatic carbocycles. The number of cyclic esters (lactones) is 1. The van der Waals surface area contributed by atoms with Crippen molar-refractivity contribution in [2.45, 2.75) is 124 Å². The summed E-state index contributed by atoms with van der Waals surface area (Å²) in [7, 11) is 0. The van der Waals surface area contributed by atoms with Gasteiger partial charge in [0.15, 0.2) is 5.78 Å². The Hall–Kier alpha value is -1.27. The Morgan fingerprint density at radius 3 is 2.47 bits per heavy atom. The van der Waals surface area contributed by atoms with Crippen molar-refractivity contribution in [2.75, 3.05) is 13.2 Å². The van der Waals surface area contributed by atoms with Gasteiger partial charge in [-0.05, 0) is 45.4 Å². The number of rotatable bonds is 17. The van der Waals surface area contributed by atoms with Crippen LogP contribution >= 0.6 is 0 Å². The standard InChI is InChI=1S/C26H46O6/c1-7-10-15-20(9-3)19-31-25(4,5)22(27)16-12-11-13-17-30-26(6)23(28)18-21(14-8-2)24(29)32-26/h20-21H,7-19H2,1-6H3/t20-,21?,26?/m1/s1. The Bertz CT molecular complexity index is 599. The fourth-order valence-electron chi connectivity index (χ4n) is 3.94. The summed E-state index contributed by atoms with van der Waals surface area (Å²) in [4.78, 5) is 37.1. The Balaban J connectivity index is 2.29. The first-order valence-corrected chi connectivity index (χ1v) is 12.7. The lowest BCUT2D eigenvalue weighted by atomic mass is 9.91. The average molecular weight is 455 g/mol. The van der Waals surface area contributed by atoms with Crippen molar-refractivity contribution in [1.29, 1.82) is 0 Å². The molecule has 0 radical (unpaired) electrons. The minimum atomic E-state index is -1.47. The van der Waals surface area contributed by atoms with Crippen molar-refractivity contribution in [3.05, 3.63) is 0 Å². The number of carbonyl (C=O) groups excluding carboxylic acids is 3. The monoisotopic (exact) mass is 454 g/mol. The molecule has 0 spiro atoms. The summed E-state index contributed by atoms with van der Waals surface area (Å²) in [6.45, 7) is 12.5. The maximum Gasteiger partial charge on any atom is 0.312 e. The second kappa shape index (κ2) is 14.1. The van der Waals surface area contributed by atoms with Gasteiger partial charge in [-0.25, -0.2) is 0 Å². The van der Waals surface area contributed by atoms with E-state index in [1.807, 2.05) is 20.8 Å². The molecule has 0 saturated carbocycles. The number of hydrogen-bond donors (Lipinski definition) is 0. The number of unbranched alkanes of at least 4 members (excludes halogenated alkanes) is 3. The summed E-state index contributed by atoms with van der Waals surface area (Å²) in [5.41, 5.74) is -0.763. The largest absolute Gasteiger partial charge is 0.425 e. The van der Waals surface area contributed by atoms with Gasteiger partial charge in [0, 0.05) is 19.8 Å². The predicted molar refractivity (Wildman–Crippen MR) is 125 cm³/mol. The number of esters is 1. The first-order chi connectivity index (χ1) is 15.1. The van der Waals surface area contributed by atoms with E-state index in [1.165, 1.54) is 19.8 Å². The van der Waals surface area contributed by atoms with E-state index in [2.05, 4.69) is 13.8 Å². The van der Waals surface area contributed by atoms with E-state index in [0.717, 1.165) is 32.1 Å². The van der Waals surface area contributed by atoms with Gasteiger partial charge in [0.05, 0.1) is 19.1 Å². The van der Waals surface area contributed by atoms with Crippen molar-refractivity contribution in [2.24, 2.45) is 11.8 Å². The third-order valence-corrected chi connectivity index (χ3v) is 6.52. The Labute approximate surface area is 195 Å².